The van der Waals surface area contributed by atoms with Gasteiger partial charge in [0.25, 0.3) is 11.8 Å². The summed E-state index contributed by atoms with van der Waals surface area (Å²) in [6, 6.07) is 13.9. The molecule has 246 valence electrons. The summed E-state index contributed by atoms with van der Waals surface area (Å²) in [4.78, 5) is 36.7. The Morgan fingerprint density at radius 1 is 0.979 bits per heavy atom. The number of carbonyl (C=O) groups excluding carboxylic acids is 2. The number of carbonyl (C=O) groups is 2. The summed E-state index contributed by atoms with van der Waals surface area (Å²) in [6.45, 7) is 4.66. The van der Waals surface area contributed by atoms with Gasteiger partial charge < -0.3 is 20.5 Å². The average Bonchev–Trinajstić information content (AvgIpc) is 3.34. The Hall–Kier alpha value is -4.35. The number of rotatable bonds is 9. The van der Waals surface area contributed by atoms with Crippen LogP contribution in [0.3, 0.4) is 0 Å². The van der Waals surface area contributed by atoms with Crippen molar-refractivity contribution in [2.24, 2.45) is 0 Å². The maximum atomic E-state index is 14.4. The molecule has 11 heteroatoms. The zero-order valence-electron chi connectivity index (χ0n) is 26.5. The molecule has 47 heavy (non-hydrogen) atoms. The second kappa shape index (κ2) is 15.0. The zero-order chi connectivity index (χ0) is 32.8. The zero-order valence-corrected chi connectivity index (χ0v) is 27.3. The molecular weight excluding hydrogens is 617 g/mol. The predicted molar refractivity (Wildman–Crippen MR) is 179 cm³/mol. The van der Waals surface area contributed by atoms with Crippen molar-refractivity contribution in [1.82, 2.24) is 25.5 Å². The molecule has 2 aromatic carbocycles. The topological polar surface area (TPSA) is 117 Å². The van der Waals surface area contributed by atoms with Crippen LogP contribution in [0.25, 0.3) is 11.1 Å². The highest BCUT2D eigenvalue weighted by Crippen LogP contribution is 2.33. The molecule has 0 atom stereocenters. The summed E-state index contributed by atoms with van der Waals surface area (Å²) >= 11 is 1.44. The fourth-order valence-electron chi connectivity index (χ4n) is 6.41. The van der Waals surface area contributed by atoms with Crippen LogP contribution in [0.1, 0.15) is 82.8 Å². The number of phenolic OH excluding ortho intramolecular Hbond substituents is 1. The molecule has 0 spiro atoms. The van der Waals surface area contributed by atoms with Crippen LogP contribution in [0, 0.1) is 12.7 Å². The smallest absolute Gasteiger partial charge is 0.270 e. The molecule has 1 saturated carbocycles. The molecule has 3 heterocycles. The summed E-state index contributed by atoms with van der Waals surface area (Å²) in [5, 5.41) is 18.9. The third-order valence-corrected chi connectivity index (χ3v) is 9.63. The van der Waals surface area contributed by atoms with E-state index in [1.807, 2.05) is 37.3 Å². The molecule has 0 radical (unpaired) electrons. The standard InChI is InChI=1S/C36H40FN5O4S/c1-23-39-33(22-47-23)35(45)41-28-11-9-27(10-12-28)40-34(44)32-19-26(37)20-38-36(32)46-30-8-6-7-24(18-30)31-14-13-29(43)17-25(31)21-42-15-4-2-3-5-16-42/h6-8,13-14,17-20,22,27-28,43H,2-5,9-12,15-16,21H2,1H3,(H,40,44)(H,41,45)/t27-,28+. The van der Waals surface area contributed by atoms with Crippen LogP contribution in [0.15, 0.2) is 60.1 Å². The van der Waals surface area contributed by atoms with Crippen LogP contribution in [0.4, 0.5) is 4.39 Å². The maximum Gasteiger partial charge on any atom is 0.270 e. The summed E-state index contributed by atoms with van der Waals surface area (Å²) < 4.78 is 20.5. The number of nitrogens with one attached hydrogen (secondary N) is 2. The van der Waals surface area contributed by atoms with E-state index < -0.39 is 11.7 Å². The molecule has 1 aliphatic heterocycles. The molecule has 2 fully saturated rings. The fourth-order valence-corrected chi connectivity index (χ4v) is 7.00. The van der Waals surface area contributed by atoms with Gasteiger partial charge in [0.1, 0.15) is 28.6 Å². The van der Waals surface area contributed by atoms with Crippen molar-refractivity contribution in [3.05, 3.63) is 87.8 Å². The van der Waals surface area contributed by atoms with Crippen molar-refractivity contribution in [3.8, 4) is 28.5 Å². The Balaban J connectivity index is 1.12. The van der Waals surface area contributed by atoms with Gasteiger partial charge in [0.15, 0.2) is 0 Å². The van der Waals surface area contributed by atoms with E-state index in [1.165, 1.54) is 37.0 Å². The van der Waals surface area contributed by atoms with Gasteiger partial charge in [-0.3, -0.25) is 14.5 Å². The van der Waals surface area contributed by atoms with Crippen LogP contribution < -0.4 is 15.4 Å². The van der Waals surface area contributed by atoms with E-state index in [9.17, 15) is 19.1 Å². The van der Waals surface area contributed by atoms with Crippen molar-refractivity contribution < 1.29 is 23.8 Å². The van der Waals surface area contributed by atoms with E-state index >= 15 is 0 Å². The first-order valence-corrected chi connectivity index (χ1v) is 17.2. The van der Waals surface area contributed by atoms with Gasteiger partial charge in [-0.1, -0.05) is 31.0 Å². The summed E-state index contributed by atoms with van der Waals surface area (Å²) in [5.41, 5.74) is 3.34. The van der Waals surface area contributed by atoms with Crippen LogP contribution in [-0.4, -0.2) is 57.0 Å². The second-order valence-corrected chi connectivity index (χ2v) is 13.5. The van der Waals surface area contributed by atoms with E-state index in [1.54, 1.807) is 17.5 Å². The number of likely N-dealkylation sites (tertiary alicyclic amines) is 1. The molecule has 0 unspecified atom stereocenters. The van der Waals surface area contributed by atoms with Crippen LogP contribution >= 0.6 is 11.3 Å². The molecule has 0 bridgehead atoms. The number of halogens is 1. The normalized spacial score (nSPS) is 18.7. The molecule has 2 aromatic heterocycles. The maximum absolute atomic E-state index is 14.4. The minimum Gasteiger partial charge on any atom is -0.508 e. The lowest BCUT2D eigenvalue weighted by Gasteiger charge is -2.29. The predicted octanol–water partition coefficient (Wildman–Crippen LogP) is 7.00. The highest BCUT2D eigenvalue weighted by Gasteiger charge is 2.26. The number of aromatic hydroxyl groups is 1. The van der Waals surface area contributed by atoms with E-state index in [2.05, 4.69) is 25.5 Å². The molecule has 3 N–H and O–H groups in total. The molecule has 2 amide bonds. The number of ether oxygens (including phenoxy) is 1. The molecule has 2 aliphatic rings. The van der Waals surface area contributed by atoms with Crippen molar-refractivity contribution in [1.29, 1.82) is 0 Å². The van der Waals surface area contributed by atoms with Gasteiger partial charge in [0.2, 0.25) is 5.88 Å². The molecular formula is C36H40FN5O4S. The first-order chi connectivity index (χ1) is 22.8. The number of amides is 2. The lowest BCUT2D eigenvalue weighted by molar-refractivity contribution is 0.0888. The number of aryl methyl sites for hydroxylation is 1. The minimum absolute atomic E-state index is 0.00174. The summed E-state index contributed by atoms with van der Waals surface area (Å²) in [7, 11) is 0. The van der Waals surface area contributed by atoms with Crippen molar-refractivity contribution in [2.75, 3.05) is 13.1 Å². The highest BCUT2D eigenvalue weighted by molar-refractivity contribution is 7.09. The van der Waals surface area contributed by atoms with Gasteiger partial charge in [-0.05, 0) is 106 Å². The number of thiazole rings is 1. The van der Waals surface area contributed by atoms with Gasteiger partial charge in [-0.25, -0.2) is 14.4 Å². The van der Waals surface area contributed by atoms with E-state index in [0.717, 1.165) is 53.6 Å². The molecule has 4 aromatic rings. The van der Waals surface area contributed by atoms with E-state index in [-0.39, 0.29) is 35.2 Å². The van der Waals surface area contributed by atoms with Gasteiger partial charge in [-0.15, -0.1) is 11.3 Å². The number of pyridine rings is 1. The van der Waals surface area contributed by atoms with Gasteiger partial charge in [-0.2, -0.15) is 0 Å². The number of phenols is 1. The molecule has 1 aliphatic carbocycles. The number of hydrogen-bond donors (Lipinski definition) is 3. The first-order valence-electron chi connectivity index (χ1n) is 16.3. The number of nitrogens with zero attached hydrogens (tertiary/aromatic N) is 3. The quantitative estimate of drug-likeness (QED) is 0.178. The Bertz CT molecular complexity index is 1710. The second-order valence-electron chi connectivity index (χ2n) is 12.4. The molecule has 6 rings (SSSR count). The Morgan fingerprint density at radius 3 is 2.40 bits per heavy atom. The third kappa shape index (κ3) is 8.52. The van der Waals surface area contributed by atoms with Crippen molar-refractivity contribution in [3.63, 3.8) is 0 Å². The van der Waals surface area contributed by atoms with Gasteiger partial charge in [0.05, 0.1) is 11.2 Å². The SMILES string of the molecule is Cc1nc(C(=O)N[C@H]2CC[C@@H](NC(=O)c3cc(F)cnc3Oc3cccc(-c4ccc(O)cc4CN4CCCCCC4)c3)CC2)cs1. The van der Waals surface area contributed by atoms with Crippen LogP contribution in [0.5, 0.6) is 17.4 Å². The Morgan fingerprint density at radius 2 is 1.70 bits per heavy atom. The Labute approximate surface area is 278 Å². The number of aromatic nitrogens is 2. The number of benzene rings is 2. The van der Waals surface area contributed by atoms with Gasteiger partial charge >= 0.3 is 0 Å². The summed E-state index contributed by atoms with van der Waals surface area (Å²) in [5.74, 6) is -0.597. The third-order valence-electron chi connectivity index (χ3n) is 8.85. The molecule has 9 nitrogen and oxygen atoms in total. The van der Waals surface area contributed by atoms with Crippen LogP contribution in [0.2, 0.25) is 0 Å². The Kier molecular flexibility index (Phi) is 10.4. The first kappa shape index (κ1) is 32.6. The highest BCUT2D eigenvalue weighted by atomic mass is 32.1. The average molecular weight is 658 g/mol. The largest absolute Gasteiger partial charge is 0.508 e. The minimum atomic E-state index is -0.637. The van der Waals surface area contributed by atoms with Gasteiger partial charge in [0, 0.05) is 24.0 Å². The van der Waals surface area contributed by atoms with Crippen molar-refractivity contribution in [2.45, 2.75) is 76.9 Å². The van der Waals surface area contributed by atoms with E-state index in [4.69, 9.17) is 4.74 Å². The lowest BCUT2D eigenvalue weighted by atomic mass is 9.91. The van der Waals surface area contributed by atoms with E-state index in [0.29, 0.717) is 37.1 Å². The molecule has 1 saturated heterocycles. The fraction of sp³-hybridized carbons (Fsp3) is 0.389. The summed E-state index contributed by atoms with van der Waals surface area (Å²) in [6.07, 6.45) is 8.61. The monoisotopic (exact) mass is 657 g/mol. The van der Waals surface area contributed by atoms with Crippen LogP contribution in [-0.2, 0) is 6.54 Å². The lowest BCUT2D eigenvalue weighted by Crippen LogP contribution is -2.44. The van der Waals surface area contributed by atoms with Crippen molar-refractivity contribution >= 4 is 23.2 Å². The number of hydrogen-bond acceptors (Lipinski definition) is 8.